The Morgan fingerprint density at radius 1 is 1.35 bits per heavy atom. The van der Waals surface area contributed by atoms with Gasteiger partial charge in [-0.15, -0.1) is 0 Å². The van der Waals surface area contributed by atoms with E-state index in [0.717, 1.165) is 30.4 Å². The first-order valence-electron chi connectivity index (χ1n) is 7.32. The quantitative estimate of drug-likeness (QED) is 0.763. The van der Waals surface area contributed by atoms with E-state index in [9.17, 15) is 9.90 Å². The van der Waals surface area contributed by atoms with E-state index in [1.807, 2.05) is 31.2 Å². The second kappa shape index (κ2) is 6.86. The third-order valence-corrected chi connectivity index (χ3v) is 4.31. The van der Waals surface area contributed by atoms with Gasteiger partial charge in [-0.1, -0.05) is 36.2 Å². The summed E-state index contributed by atoms with van der Waals surface area (Å²) in [5.41, 5.74) is 7.96. The van der Waals surface area contributed by atoms with Crippen LogP contribution >= 0.6 is 0 Å². The molecule has 4 N–H and O–H groups in total. The van der Waals surface area contributed by atoms with Crippen LogP contribution in [0.3, 0.4) is 0 Å². The molecule has 1 aromatic carbocycles. The van der Waals surface area contributed by atoms with Gasteiger partial charge in [0.25, 0.3) is 0 Å². The second-order valence-electron chi connectivity index (χ2n) is 5.77. The Hall–Kier alpha value is -1.39. The number of amides is 1. The number of carbonyl (C=O) groups excluding carboxylic acids is 1. The summed E-state index contributed by atoms with van der Waals surface area (Å²) in [5.74, 6) is 0.567. The van der Waals surface area contributed by atoms with Crippen LogP contribution in [0, 0.1) is 18.8 Å². The summed E-state index contributed by atoms with van der Waals surface area (Å²) in [7, 11) is 0. The van der Waals surface area contributed by atoms with Crippen LogP contribution in [-0.4, -0.2) is 24.2 Å². The Kier molecular flexibility index (Phi) is 5.15. The molecule has 0 aromatic heterocycles. The number of benzene rings is 1. The summed E-state index contributed by atoms with van der Waals surface area (Å²) >= 11 is 0. The number of aliphatic hydroxyl groups is 1. The first kappa shape index (κ1) is 15.0. The summed E-state index contributed by atoms with van der Waals surface area (Å²) in [6.07, 6.45) is 3.27. The molecule has 4 nitrogen and oxygen atoms in total. The van der Waals surface area contributed by atoms with E-state index in [1.165, 1.54) is 0 Å². The fourth-order valence-corrected chi connectivity index (χ4v) is 2.89. The number of hydrogen-bond donors (Lipinski definition) is 3. The van der Waals surface area contributed by atoms with Crippen molar-refractivity contribution in [3.05, 3.63) is 35.4 Å². The largest absolute Gasteiger partial charge is 0.396 e. The van der Waals surface area contributed by atoms with Gasteiger partial charge in [0, 0.05) is 13.2 Å². The Morgan fingerprint density at radius 3 is 2.65 bits per heavy atom. The van der Waals surface area contributed by atoms with Crippen molar-refractivity contribution >= 4 is 5.91 Å². The van der Waals surface area contributed by atoms with Gasteiger partial charge < -0.3 is 16.2 Å². The van der Waals surface area contributed by atoms with Crippen molar-refractivity contribution < 1.29 is 9.90 Å². The Bertz CT molecular complexity index is 444. The van der Waals surface area contributed by atoms with Gasteiger partial charge in [0.1, 0.15) is 6.04 Å². The third-order valence-electron chi connectivity index (χ3n) is 4.31. The highest BCUT2D eigenvalue weighted by atomic mass is 16.3. The minimum Gasteiger partial charge on any atom is -0.396 e. The van der Waals surface area contributed by atoms with Crippen LogP contribution in [0.2, 0.25) is 0 Å². The number of nitrogens with two attached hydrogens (primary N) is 1. The molecule has 0 saturated heterocycles. The lowest BCUT2D eigenvalue weighted by molar-refractivity contribution is -0.122. The monoisotopic (exact) mass is 276 g/mol. The molecule has 0 aliphatic heterocycles. The van der Waals surface area contributed by atoms with Crippen molar-refractivity contribution in [3.63, 3.8) is 0 Å². The van der Waals surface area contributed by atoms with E-state index in [-0.39, 0.29) is 12.5 Å². The Balaban J connectivity index is 1.86. The predicted molar refractivity (Wildman–Crippen MR) is 79.0 cm³/mol. The topological polar surface area (TPSA) is 75.4 Å². The molecule has 0 radical (unpaired) electrons. The second-order valence-corrected chi connectivity index (χ2v) is 5.77. The number of carbonyl (C=O) groups is 1. The lowest BCUT2D eigenvalue weighted by Gasteiger charge is -2.19. The fraction of sp³-hybridized carbons (Fsp3) is 0.562. The zero-order valence-electron chi connectivity index (χ0n) is 12.0. The van der Waals surface area contributed by atoms with Crippen LogP contribution in [0.4, 0.5) is 0 Å². The molecular formula is C16H24N2O2. The van der Waals surface area contributed by atoms with Crippen molar-refractivity contribution in [1.29, 1.82) is 0 Å². The summed E-state index contributed by atoms with van der Waals surface area (Å²) in [5, 5.41) is 12.2. The van der Waals surface area contributed by atoms with Crippen LogP contribution in [0.5, 0.6) is 0 Å². The van der Waals surface area contributed by atoms with Crippen molar-refractivity contribution in [3.8, 4) is 0 Å². The van der Waals surface area contributed by atoms with Gasteiger partial charge in [-0.25, -0.2) is 0 Å². The molecule has 1 aliphatic rings. The smallest absolute Gasteiger partial charge is 0.241 e. The molecule has 0 bridgehead atoms. The normalized spacial score (nSPS) is 23.6. The molecule has 3 atom stereocenters. The molecule has 0 spiro atoms. The number of hydrogen-bond acceptors (Lipinski definition) is 3. The minimum absolute atomic E-state index is 0.141. The van der Waals surface area contributed by atoms with Gasteiger partial charge >= 0.3 is 0 Å². The molecule has 1 aromatic rings. The van der Waals surface area contributed by atoms with Crippen molar-refractivity contribution in [2.45, 2.75) is 32.2 Å². The Labute approximate surface area is 120 Å². The van der Waals surface area contributed by atoms with Crippen LogP contribution in [-0.2, 0) is 4.79 Å². The van der Waals surface area contributed by atoms with E-state index in [2.05, 4.69) is 5.32 Å². The minimum atomic E-state index is -0.621. The molecular weight excluding hydrogens is 252 g/mol. The number of aryl methyl sites for hydroxylation is 1. The molecule has 1 saturated carbocycles. The molecule has 110 valence electrons. The van der Waals surface area contributed by atoms with Gasteiger partial charge in [-0.3, -0.25) is 4.79 Å². The predicted octanol–water partition coefficient (Wildman–Crippen LogP) is 1.52. The zero-order valence-corrected chi connectivity index (χ0v) is 12.0. The maximum absolute atomic E-state index is 12.1. The average Bonchev–Trinajstić information content (AvgIpc) is 2.92. The number of aliphatic hydroxyl groups excluding tert-OH is 1. The molecule has 1 fully saturated rings. The lowest BCUT2D eigenvalue weighted by Crippen LogP contribution is -2.38. The van der Waals surface area contributed by atoms with Gasteiger partial charge in [-0.2, -0.15) is 0 Å². The lowest BCUT2D eigenvalue weighted by atomic mass is 9.96. The fourth-order valence-electron chi connectivity index (χ4n) is 2.89. The van der Waals surface area contributed by atoms with Crippen LogP contribution in [0.15, 0.2) is 24.3 Å². The van der Waals surface area contributed by atoms with Crippen molar-refractivity contribution in [2.75, 3.05) is 13.2 Å². The summed E-state index contributed by atoms with van der Waals surface area (Å²) in [6, 6.07) is 7.09. The maximum Gasteiger partial charge on any atom is 0.241 e. The molecule has 2 rings (SSSR count). The molecule has 1 amide bonds. The molecule has 4 heteroatoms. The molecule has 0 heterocycles. The van der Waals surface area contributed by atoms with Crippen LogP contribution in [0.1, 0.15) is 36.4 Å². The molecule has 20 heavy (non-hydrogen) atoms. The number of nitrogens with one attached hydrogen (secondary N) is 1. The van der Waals surface area contributed by atoms with Crippen LogP contribution in [0.25, 0.3) is 0 Å². The van der Waals surface area contributed by atoms with Crippen molar-refractivity contribution in [1.82, 2.24) is 5.32 Å². The SMILES string of the molecule is Cc1ccc(C(N)C(=O)NCC2CCCC2CO)cc1. The van der Waals surface area contributed by atoms with E-state index in [0.29, 0.717) is 18.4 Å². The highest BCUT2D eigenvalue weighted by Gasteiger charge is 2.27. The number of rotatable bonds is 5. The molecule has 3 unspecified atom stereocenters. The summed E-state index contributed by atoms with van der Waals surface area (Å²) in [4.78, 5) is 12.1. The van der Waals surface area contributed by atoms with Gasteiger partial charge in [0.05, 0.1) is 0 Å². The van der Waals surface area contributed by atoms with Gasteiger partial charge in [0.2, 0.25) is 5.91 Å². The average molecular weight is 276 g/mol. The first-order valence-corrected chi connectivity index (χ1v) is 7.32. The maximum atomic E-state index is 12.1. The van der Waals surface area contributed by atoms with Gasteiger partial charge in [0.15, 0.2) is 0 Å². The van der Waals surface area contributed by atoms with Crippen LogP contribution < -0.4 is 11.1 Å². The molecule has 1 aliphatic carbocycles. The Morgan fingerprint density at radius 2 is 2.00 bits per heavy atom. The van der Waals surface area contributed by atoms with Crippen molar-refractivity contribution in [2.24, 2.45) is 17.6 Å². The zero-order chi connectivity index (χ0) is 14.5. The van der Waals surface area contributed by atoms with E-state index < -0.39 is 6.04 Å². The summed E-state index contributed by atoms with van der Waals surface area (Å²) in [6.45, 7) is 2.83. The van der Waals surface area contributed by atoms with E-state index in [1.54, 1.807) is 0 Å². The highest BCUT2D eigenvalue weighted by Crippen LogP contribution is 2.30. The first-order chi connectivity index (χ1) is 9.61. The standard InChI is InChI=1S/C16H24N2O2/c1-11-5-7-12(8-6-11)15(17)16(20)18-9-13-3-2-4-14(13)10-19/h5-8,13-15,19H,2-4,9-10,17H2,1H3,(H,18,20). The van der Waals surface area contributed by atoms with E-state index in [4.69, 9.17) is 5.73 Å². The van der Waals surface area contributed by atoms with E-state index >= 15 is 0 Å². The summed E-state index contributed by atoms with van der Waals surface area (Å²) < 4.78 is 0. The highest BCUT2D eigenvalue weighted by molar-refractivity contribution is 5.82. The van der Waals surface area contributed by atoms with Gasteiger partial charge in [-0.05, 0) is 37.2 Å². The third kappa shape index (κ3) is 3.58.